The lowest BCUT2D eigenvalue weighted by Gasteiger charge is -1.96. The van der Waals surface area contributed by atoms with Crippen LogP contribution in [0.25, 0.3) is 10.6 Å². The van der Waals surface area contributed by atoms with Crippen molar-refractivity contribution in [2.24, 2.45) is 5.73 Å². The minimum absolute atomic E-state index is 0.521. The number of hydrogen-bond acceptors (Lipinski definition) is 3. The second-order valence-corrected chi connectivity index (χ2v) is 5.45. The van der Waals surface area contributed by atoms with Gasteiger partial charge < -0.3 is 5.73 Å². The van der Waals surface area contributed by atoms with Crippen LogP contribution in [-0.2, 0) is 6.54 Å². The van der Waals surface area contributed by atoms with E-state index in [1.165, 1.54) is 0 Å². The zero-order chi connectivity index (χ0) is 10.1. The Morgan fingerprint density at radius 2 is 2.36 bits per heavy atom. The van der Waals surface area contributed by atoms with E-state index in [-0.39, 0.29) is 0 Å². The molecule has 0 amide bonds. The highest BCUT2D eigenvalue weighted by Crippen LogP contribution is 2.32. The van der Waals surface area contributed by atoms with Crippen molar-refractivity contribution in [2.75, 3.05) is 0 Å². The topological polar surface area (TPSA) is 54.7 Å². The predicted molar refractivity (Wildman–Crippen MR) is 62.2 cm³/mol. The van der Waals surface area contributed by atoms with Gasteiger partial charge in [0, 0.05) is 17.8 Å². The molecule has 14 heavy (non-hydrogen) atoms. The normalized spacial score (nSPS) is 10.8. The van der Waals surface area contributed by atoms with Crippen molar-refractivity contribution >= 4 is 27.3 Å². The van der Waals surface area contributed by atoms with Crippen molar-refractivity contribution in [3.63, 3.8) is 0 Å². The van der Waals surface area contributed by atoms with Gasteiger partial charge in [-0.05, 0) is 35.0 Å². The van der Waals surface area contributed by atoms with Crippen molar-refractivity contribution in [1.82, 2.24) is 10.2 Å². The lowest BCUT2D eigenvalue weighted by Crippen LogP contribution is -1.98. The molecule has 2 rings (SSSR count). The van der Waals surface area contributed by atoms with Gasteiger partial charge in [0.1, 0.15) is 5.69 Å². The first kappa shape index (κ1) is 9.89. The van der Waals surface area contributed by atoms with E-state index in [9.17, 15) is 0 Å². The summed E-state index contributed by atoms with van der Waals surface area (Å²) < 4.78 is 1.11. The maximum absolute atomic E-state index is 5.67. The fourth-order valence-electron chi connectivity index (χ4n) is 1.35. The van der Waals surface area contributed by atoms with Crippen LogP contribution in [0.15, 0.2) is 15.9 Å². The number of aryl methyl sites for hydroxylation is 1. The molecule has 3 N–H and O–H groups in total. The minimum atomic E-state index is 0.521. The number of nitrogens with two attached hydrogens (primary N) is 1. The second-order valence-electron chi connectivity index (χ2n) is 2.98. The van der Waals surface area contributed by atoms with Crippen LogP contribution in [0, 0.1) is 6.92 Å². The zero-order valence-corrected chi connectivity index (χ0v) is 10.1. The highest BCUT2D eigenvalue weighted by Gasteiger charge is 2.12. The number of aromatic nitrogens is 2. The fraction of sp³-hybridized carbons (Fsp3) is 0.222. The Labute approximate surface area is 94.5 Å². The zero-order valence-electron chi connectivity index (χ0n) is 7.67. The number of rotatable bonds is 2. The molecule has 0 aromatic carbocycles. The summed E-state index contributed by atoms with van der Waals surface area (Å²) in [4.78, 5) is 1.14. The van der Waals surface area contributed by atoms with Gasteiger partial charge in [0.15, 0.2) is 0 Å². The lowest BCUT2D eigenvalue weighted by atomic mass is 10.1. The first-order chi connectivity index (χ1) is 6.72. The van der Waals surface area contributed by atoms with Crippen LogP contribution in [0.5, 0.6) is 0 Å². The Kier molecular flexibility index (Phi) is 2.71. The molecule has 3 nitrogen and oxygen atoms in total. The summed E-state index contributed by atoms with van der Waals surface area (Å²) in [5.74, 6) is 0. The summed E-state index contributed by atoms with van der Waals surface area (Å²) in [5.41, 5.74) is 8.79. The molecule has 0 fully saturated rings. The standard InChI is InChI=1S/C9H10BrN3S/c1-5-6(4-11)9(13-12-5)7-2-3-8(10)14-7/h2-3H,4,11H2,1H3,(H,12,13). The SMILES string of the molecule is Cc1[nH]nc(-c2ccc(Br)s2)c1CN. The minimum Gasteiger partial charge on any atom is -0.326 e. The van der Waals surface area contributed by atoms with Gasteiger partial charge in [-0.2, -0.15) is 5.10 Å². The molecule has 2 heterocycles. The Morgan fingerprint density at radius 3 is 2.93 bits per heavy atom. The average molecular weight is 272 g/mol. The molecule has 2 aromatic rings. The van der Waals surface area contributed by atoms with E-state index in [1.54, 1.807) is 11.3 Å². The third kappa shape index (κ3) is 1.63. The van der Waals surface area contributed by atoms with Crippen LogP contribution in [0.1, 0.15) is 11.3 Å². The van der Waals surface area contributed by atoms with Crippen LogP contribution < -0.4 is 5.73 Å². The molecule has 0 radical (unpaired) electrons. The summed E-state index contributed by atoms with van der Waals surface area (Å²) in [5, 5.41) is 7.21. The van der Waals surface area contributed by atoms with Crippen molar-refractivity contribution < 1.29 is 0 Å². The van der Waals surface area contributed by atoms with Gasteiger partial charge in [-0.1, -0.05) is 0 Å². The Morgan fingerprint density at radius 1 is 1.57 bits per heavy atom. The quantitative estimate of drug-likeness (QED) is 0.883. The summed E-state index contributed by atoms with van der Waals surface area (Å²) in [7, 11) is 0. The molecule has 0 atom stereocenters. The molecule has 0 saturated carbocycles. The maximum Gasteiger partial charge on any atom is 0.107 e. The molecule has 0 bridgehead atoms. The molecular formula is C9H10BrN3S. The fourth-order valence-corrected chi connectivity index (χ4v) is 2.75. The number of hydrogen-bond donors (Lipinski definition) is 2. The number of H-pyrrole nitrogens is 1. The Bertz CT molecular complexity index is 447. The van der Waals surface area contributed by atoms with E-state index in [2.05, 4.69) is 26.1 Å². The number of nitrogens with one attached hydrogen (secondary N) is 1. The second kappa shape index (κ2) is 3.84. The van der Waals surface area contributed by atoms with E-state index in [4.69, 9.17) is 5.73 Å². The number of halogens is 1. The van der Waals surface area contributed by atoms with Gasteiger partial charge in [0.2, 0.25) is 0 Å². The molecule has 0 aliphatic heterocycles. The number of nitrogens with zero attached hydrogens (tertiary/aromatic N) is 1. The molecule has 74 valence electrons. The van der Waals surface area contributed by atoms with E-state index in [0.717, 1.165) is 25.6 Å². The number of aromatic amines is 1. The van der Waals surface area contributed by atoms with Gasteiger partial charge in [-0.15, -0.1) is 11.3 Å². The smallest absolute Gasteiger partial charge is 0.107 e. The van der Waals surface area contributed by atoms with E-state index < -0.39 is 0 Å². The summed E-state index contributed by atoms with van der Waals surface area (Å²) in [6.45, 7) is 2.51. The first-order valence-corrected chi connectivity index (χ1v) is 5.83. The monoisotopic (exact) mass is 271 g/mol. The van der Waals surface area contributed by atoms with Gasteiger partial charge in [-0.3, -0.25) is 5.10 Å². The van der Waals surface area contributed by atoms with E-state index in [0.29, 0.717) is 6.54 Å². The first-order valence-electron chi connectivity index (χ1n) is 4.22. The molecular weight excluding hydrogens is 262 g/mol. The van der Waals surface area contributed by atoms with Gasteiger partial charge in [0.05, 0.1) is 8.66 Å². The highest BCUT2D eigenvalue weighted by atomic mass is 79.9. The lowest BCUT2D eigenvalue weighted by molar-refractivity contribution is 1.03. The van der Waals surface area contributed by atoms with Crippen LogP contribution in [0.4, 0.5) is 0 Å². The Hall–Kier alpha value is -0.650. The van der Waals surface area contributed by atoms with E-state index >= 15 is 0 Å². The van der Waals surface area contributed by atoms with Crippen LogP contribution in [0.2, 0.25) is 0 Å². The molecule has 0 aliphatic rings. The van der Waals surface area contributed by atoms with Crippen molar-refractivity contribution in [1.29, 1.82) is 0 Å². The predicted octanol–water partition coefficient (Wildman–Crippen LogP) is 2.67. The van der Waals surface area contributed by atoms with Gasteiger partial charge in [0.25, 0.3) is 0 Å². The largest absolute Gasteiger partial charge is 0.326 e. The van der Waals surface area contributed by atoms with Crippen LogP contribution in [0.3, 0.4) is 0 Å². The number of thiophene rings is 1. The summed E-state index contributed by atoms with van der Waals surface area (Å²) in [6.07, 6.45) is 0. The average Bonchev–Trinajstić information content (AvgIpc) is 2.71. The molecule has 0 aliphatic carbocycles. The van der Waals surface area contributed by atoms with Crippen LogP contribution in [-0.4, -0.2) is 10.2 Å². The maximum atomic E-state index is 5.67. The third-order valence-corrected chi connectivity index (χ3v) is 3.72. The van der Waals surface area contributed by atoms with Crippen LogP contribution >= 0.6 is 27.3 Å². The van der Waals surface area contributed by atoms with E-state index in [1.807, 2.05) is 19.1 Å². The summed E-state index contributed by atoms with van der Waals surface area (Å²) >= 11 is 5.09. The molecule has 0 unspecified atom stereocenters. The molecule has 0 spiro atoms. The van der Waals surface area contributed by atoms with Gasteiger partial charge >= 0.3 is 0 Å². The van der Waals surface area contributed by atoms with Crippen molar-refractivity contribution in [2.45, 2.75) is 13.5 Å². The van der Waals surface area contributed by atoms with Crippen molar-refractivity contribution in [3.05, 3.63) is 27.2 Å². The van der Waals surface area contributed by atoms with Crippen molar-refractivity contribution in [3.8, 4) is 10.6 Å². The third-order valence-electron chi connectivity index (χ3n) is 2.08. The molecule has 5 heteroatoms. The summed E-state index contributed by atoms with van der Waals surface area (Å²) in [6, 6.07) is 4.06. The Balaban J connectivity index is 2.51. The molecule has 2 aromatic heterocycles. The molecule has 0 saturated heterocycles. The van der Waals surface area contributed by atoms with Gasteiger partial charge in [-0.25, -0.2) is 0 Å². The highest BCUT2D eigenvalue weighted by molar-refractivity contribution is 9.11.